The van der Waals surface area contributed by atoms with E-state index in [-0.39, 0.29) is 6.61 Å². The van der Waals surface area contributed by atoms with Gasteiger partial charge in [0.05, 0.1) is 18.3 Å². The van der Waals surface area contributed by atoms with E-state index in [1.165, 1.54) is 0 Å². The first-order valence-electron chi connectivity index (χ1n) is 5.16. The van der Waals surface area contributed by atoms with Gasteiger partial charge in [-0.3, -0.25) is 0 Å². The van der Waals surface area contributed by atoms with Crippen LogP contribution in [0.25, 0.3) is 11.3 Å². The molecule has 4 nitrogen and oxygen atoms in total. The molecule has 0 saturated heterocycles. The molecule has 2 rings (SSSR count). The fraction of sp³-hybridized carbons (Fsp3) is 0.167. The van der Waals surface area contributed by atoms with Crippen molar-refractivity contribution in [1.82, 2.24) is 9.97 Å². The highest BCUT2D eigenvalue weighted by Crippen LogP contribution is 2.21. The quantitative estimate of drug-likeness (QED) is 0.907. The number of aliphatic hydroxyl groups is 1. The van der Waals surface area contributed by atoms with E-state index in [9.17, 15) is 0 Å². The topological polar surface area (TPSA) is 72.0 Å². The maximum Gasteiger partial charge on any atom is 0.147 e. The highest BCUT2D eigenvalue weighted by Gasteiger charge is 2.09. The van der Waals surface area contributed by atoms with Gasteiger partial charge in [-0.2, -0.15) is 0 Å². The summed E-state index contributed by atoms with van der Waals surface area (Å²) in [6.45, 7) is -0.165. The largest absolute Gasteiger partial charge is 0.394 e. The maximum absolute atomic E-state index is 8.98. The molecule has 1 atom stereocenters. The lowest BCUT2D eigenvalue weighted by Crippen LogP contribution is -2.17. The number of nitrogens with zero attached hydrogens (tertiary/aromatic N) is 2. The molecule has 1 aromatic heterocycles. The van der Waals surface area contributed by atoms with Gasteiger partial charge in [-0.1, -0.05) is 28.1 Å². The highest BCUT2D eigenvalue weighted by atomic mass is 79.9. The van der Waals surface area contributed by atoms with Crippen LogP contribution in [-0.2, 0) is 0 Å². The summed E-state index contributed by atoms with van der Waals surface area (Å²) in [5.74, 6) is 0.449. The van der Waals surface area contributed by atoms with Gasteiger partial charge in [-0.05, 0) is 18.2 Å². The molecule has 2 aromatic rings. The Balaban J connectivity index is 2.39. The molecule has 0 aliphatic carbocycles. The molecular weight excluding hydrogens is 282 g/mol. The summed E-state index contributed by atoms with van der Waals surface area (Å²) in [5.41, 5.74) is 7.46. The Morgan fingerprint density at radius 1 is 1.35 bits per heavy atom. The summed E-state index contributed by atoms with van der Waals surface area (Å²) in [5, 5.41) is 8.98. The normalized spacial score (nSPS) is 12.4. The lowest BCUT2D eigenvalue weighted by molar-refractivity contribution is 0.263. The molecule has 17 heavy (non-hydrogen) atoms. The summed E-state index contributed by atoms with van der Waals surface area (Å²) in [6, 6.07) is 9.09. The fourth-order valence-electron chi connectivity index (χ4n) is 1.44. The third-order valence-corrected chi connectivity index (χ3v) is 2.82. The Morgan fingerprint density at radius 3 is 2.88 bits per heavy atom. The van der Waals surface area contributed by atoms with E-state index in [4.69, 9.17) is 10.8 Å². The van der Waals surface area contributed by atoms with E-state index in [2.05, 4.69) is 25.9 Å². The van der Waals surface area contributed by atoms with E-state index in [1.807, 2.05) is 30.3 Å². The molecule has 0 radical (unpaired) electrons. The molecule has 88 valence electrons. The van der Waals surface area contributed by atoms with E-state index >= 15 is 0 Å². The molecule has 0 fully saturated rings. The molecule has 0 aliphatic heterocycles. The number of hydrogen-bond acceptors (Lipinski definition) is 4. The molecule has 1 unspecified atom stereocenters. The lowest BCUT2D eigenvalue weighted by Gasteiger charge is -2.08. The zero-order valence-corrected chi connectivity index (χ0v) is 10.6. The van der Waals surface area contributed by atoms with Crippen LogP contribution < -0.4 is 5.73 Å². The van der Waals surface area contributed by atoms with Crippen molar-refractivity contribution in [3.63, 3.8) is 0 Å². The van der Waals surface area contributed by atoms with Crippen molar-refractivity contribution in [3.8, 4) is 11.3 Å². The van der Waals surface area contributed by atoms with Gasteiger partial charge in [0.25, 0.3) is 0 Å². The number of rotatable bonds is 3. The molecule has 5 heteroatoms. The average molecular weight is 294 g/mol. The third kappa shape index (κ3) is 2.88. The molecule has 0 saturated carbocycles. The van der Waals surface area contributed by atoms with Crippen molar-refractivity contribution in [2.75, 3.05) is 6.61 Å². The summed E-state index contributed by atoms with van der Waals surface area (Å²) in [7, 11) is 0. The molecule has 3 N–H and O–H groups in total. The average Bonchev–Trinajstić information content (AvgIpc) is 2.38. The number of aliphatic hydroxyl groups excluding tert-OH is 1. The monoisotopic (exact) mass is 293 g/mol. The summed E-state index contributed by atoms with van der Waals surface area (Å²) in [6.07, 6.45) is 1.65. The standard InChI is InChI=1S/C12H12BrN3O/c13-9-3-1-2-8(6-9)11-4-5-15-12(16-11)10(14)7-17/h1-6,10,17H,7,14H2. The molecule has 1 aromatic carbocycles. The van der Waals surface area contributed by atoms with Crippen LogP contribution in [0.5, 0.6) is 0 Å². The Labute approximate surface area is 108 Å². The third-order valence-electron chi connectivity index (χ3n) is 2.32. The van der Waals surface area contributed by atoms with E-state index in [0.717, 1.165) is 15.7 Å². The Morgan fingerprint density at radius 2 is 2.18 bits per heavy atom. The van der Waals surface area contributed by atoms with Gasteiger partial charge >= 0.3 is 0 Å². The van der Waals surface area contributed by atoms with Crippen molar-refractivity contribution in [2.24, 2.45) is 5.73 Å². The van der Waals surface area contributed by atoms with E-state index < -0.39 is 6.04 Å². The van der Waals surface area contributed by atoms with Gasteiger partial charge in [0.2, 0.25) is 0 Å². The van der Waals surface area contributed by atoms with Crippen LogP contribution in [0.1, 0.15) is 11.9 Å². The van der Waals surface area contributed by atoms with Gasteiger partial charge in [-0.25, -0.2) is 9.97 Å². The lowest BCUT2D eigenvalue weighted by atomic mass is 10.1. The second-order valence-corrected chi connectivity index (χ2v) is 4.52. The summed E-state index contributed by atoms with van der Waals surface area (Å²) in [4.78, 5) is 8.39. The van der Waals surface area contributed by atoms with Crippen LogP contribution in [0.15, 0.2) is 41.0 Å². The minimum Gasteiger partial charge on any atom is -0.394 e. The van der Waals surface area contributed by atoms with Gasteiger partial charge in [0.1, 0.15) is 5.82 Å². The first kappa shape index (κ1) is 12.2. The molecule has 0 bridgehead atoms. The maximum atomic E-state index is 8.98. The number of benzene rings is 1. The van der Waals surface area contributed by atoms with Crippen LogP contribution in [0.3, 0.4) is 0 Å². The van der Waals surface area contributed by atoms with Crippen molar-refractivity contribution >= 4 is 15.9 Å². The minimum absolute atomic E-state index is 0.165. The molecule has 0 spiro atoms. The van der Waals surface area contributed by atoms with Gasteiger partial charge in [0.15, 0.2) is 0 Å². The van der Waals surface area contributed by atoms with E-state index in [1.54, 1.807) is 6.20 Å². The van der Waals surface area contributed by atoms with E-state index in [0.29, 0.717) is 5.82 Å². The first-order chi connectivity index (χ1) is 8.20. The zero-order chi connectivity index (χ0) is 12.3. The van der Waals surface area contributed by atoms with Gasteiger partial charge in [0, 0.05) is 16.2 Å². The summed E-state index contributed by atoms with van der Waals surface area (Å²) < 4.78 is 0.988. The molecule has 1 heterocycles. The van der Waals surface area contributed by atoms with Gasteiger partial charge in [-0.15, -0.1) is 0 Å². The van der Waals surface area contributed by atoms with Crippen molar-refractivity contribution < 1.29 is 5.11 Å². The number of halogens is 1. The Hall–Kier alpha value is -1.30. The van der Waals surface area contributed by atoms with Crippen LogP contribution in [0.4, 0.5) is 0 Å². The second kappa shape index (κ2) is 5.35. The highest BCUT2D eigenvalue weighted by molar-refractivity contribution is 9.10. The predicted molar refractivity (Wildman–Crippen MR) is 69.2 cm³/mol. The fourth-order valence-corrected chi connectivity index (χ4v) is 1.84. The van der Waals surface area contributed by atoms with Crippen LogP contribution >= 0.6 is 15.9 Å². The Bertz CT molecular complexity index is 519. The molecule has 0 aliphatic rings. The molecule has 0 amide bonds. The van der Waals surface area contributed by atoms with Crippen molar-refractivity contribution in [2.45, 2.75) is 6.04 Å². The van der Waals surface area contributed by atoms with Crippen molar-refractivity contribution in [3.05, 3.63) is 46.8 Å². The van der Waals surface area contributed by atoms with Crippen LogP contribution in [0.2, 0.25) is 0 Å². The second-order valence-electron chi connectivity index (χ2n) is 3.60. The Kier molecular flexibility index (Phi) is 3.83. The number of aromatic nitrogens is 2. The summed E-state index contributed by atoms with van der Waals surface area (Å²) >= 11 is 3.41. The van der Waals surface area contributed by atoms with Crippen LogP contribution in [0, 0.1) is 0 Å². The van der Waals surface area contributed by atoms with Crippen molar-refractivity contribution in [1.29, 1.82) is 0 Å². The molecular formula is C12H12BrN3O. The smallest absolute Gasteiger partial charge is 0.147 e. The SMILES string of the molecule is NC(CO)c1nccc(-c2cccc(Br)c2)n1. The number of hydrogen-bond donors (Lipinski definition) is 2. The number of nitrogens with two attached hydrogens (primary N) is 1. The minimum atomic E-state index is -0.540. The first-order valence-corrected chi connectivity index (χ1v) is 5.95. The van der Waals surface area contributed by atoms with Crippen LogP contribution in [-0.4, -0.2) is 21.7 Å². The predicted octanol–water partition coefficient (Wildman–Crippen LogP) is 1.90. The zero-order valence-electron chi connectivity index (χ0n) is 9.05. The van der Waals surface area contributed by atoms with Gasteiger partial charge < -0.3 is 10.8 Å².